The number of nitrogens with two attached hydrogens (primary N) is 1. The minimum Gasteiger partial charge on any atom is -0.398 e. The molecule has 1 aromatic carbocycles. The van der Waals surface area contributed by atoms with Gasteiger partial charge in [0.25, 0.3) is 5.91 Å². The number of benzene rings is 1. The number of pyridine rings is 1. The fourth-order valence-corrected chi connectivity index (χ4v) is 1.65. The maximum absolute atomic E-state index is 13.1. The Morgan fingerprint density at radius 1 is 1.30 bits per heavy atom. The van der Waals surface area contributed by atoms with Crippen LogP contribution in [0.15, 0.2) is 36.5 Å². The van der Waals surface area contributed by atoms with Crippen molar-refractivity contribution in [1.29, 1.82) is 0 Å². The zero-order valence-electron chi connectivity index (χ0n) is 11.2. The number of nitrogens with zero attached hydrogens (tertiary/aromatic N) is 2. The van der Waals surface area contributed by atoms with Crippen LogP contribution in [0.1, 0.15) is 10.4 Å². The van der Waals surface area contributed by atoms with Crippen molar-refractivity contribution in [3.63, 3.8) is 0 Å². The first-order chi connectivity index (χ1) is 9.47. The Labute approximate surface area is 116 Å². The molecule has 104 valence electrons. The predicted molar refractivity (Wildman–Crippen MR) is 77.3 cm³/mol. The van der Waals surface area contributed by atoms with Gasteiger partial charge in [-0.05, 0) is 30.3 Å². The number of aromatic nitrogens is 1. The van der Waals surface area contributed by atoms with E-state index in [1.54, 1.807) is 12.1 Å². The average molecular weight is 274 g/mol. The Morgan fingerprint density at radius 3 is 2.65 bits per heavy atom. The first-order valence-corrected chi connectivity index (χ1v) is 5.97. The van der Waals surface area contributed by atoms with Gasteiger partial charge < -0.3 is 16.0 Å². The highest BCUT2D eigenvalue weighted by atomic mass is 19.1. The molecule has 1 amide bonds. The molecule has 3 N–H and O–H groups in total. The number of anilines is 3. The highest BCUT2D eigenvalue weighted by Gasteiger charge is 2.11. The number of halogens is 1. The van der Waals surface area contributed by atoms with Crippen molar-refractivity contribution in [2.75, 3.05) is 30.0 Å². The second-order valence-electron chi connectivity index (χ2n) is 4.49. The summed E-state index contributed by atoms with van der Waals surface area (Å²) < 4.78 is 13.1. The molecule has 0 fully saturated rings. The van der Waals surface area contributed by atoms with Crippen LogP contribution in [0.4, 0.5) is 21.6 Å². The molecule has 0 unspecified atom stereocenters. The number of hydrogen-bond donors (Lipinski definition) is 2. The highest BCUT2D eigenvalue weighted by Crippen LogP contribution is 2.17. The number of hydrogen-bond acceptors (Lipinski definition) is 4. The molecule has 1 heterocycles. The van der Waals surface area contributed by atoms with Gasteiger partial charge in [-0.15, -0.1) is 0 Å². The van der Waals surface area contributed by atoms with Crippen molar-refractivity contribution in [3.05, 3.63) is 47.9 Å². The van der Waals surface area contributed by atoms with Crippen LogP contribution in [0.25, 0.3) is 0 Å². The second-order valence-corrected chi connectivity index (χ2v) is 4.49. The van der Waals surface area contributed by atoms with E-state index in [-0.39, 0.29) is 11.3 Å². The van der Waals surface area contributed by atoms with Crippen LogP contribution >= 0.6 is 0 Å². The standard InChI is InChI=1S/C14H15FN4O/c1-19(2)13-6-4-10(8-17-13)18-14(20)11-7-9(15)3-5-12(11)16/h3-8H,16H2,1-2H3,(H,18,20). The first kappa shape index (κ1) is 13.8. The van der Waals surface area contributed by atoms with E-state index in [9.17, 15) is 9.18 Å². The molecule has 2 aromatic rings. The van der Waals surface area contributed by atoms with Gasteiger partial charge in [0.05, 0.1) is 17.4 Å². The summed E-state index contributed by atoms with van der Waals surface area (Å²) >= 11 is 0. The van der Waals surface area contributed by atoms with Crippen LogP contribution in [-0.2, 0) is 0 Å². The highest BCUT2D eigenvalue weighted by molar-refractivity contribution is 6.07. The molecule has 0 saturated heterocycles. The molecule has 20 heavy (non-hydrogen) atoms. The van der Waals surface area contributed by atoms with Gasteiger partial charge in [-0.1, -0.05) is 0 Å². The summed E-state index contributed by atoms with van der Waals surface area (Å²) in [5.74, 6) is -0.208. The maximum Gasteiger partial charge on any atom is 0.257 e. The lowest BCUT2D eigenvalue weighted by Gasteiger charge is -2.12. The van der Waals surface area contributed by atoms with E-state index in [1.807, 2.05) is 19.0 Å². The minimum absolute atomic E-state index is 0.0988. The van der Waals surface area contributed by atoms with Gasteiger partial charge in [0.2, 0.25) is 0 Å². The van der Waals surface area contributed by atoms with Gasteiger partial charge in [0.1, 0.15) is 11.6 Å². The van der Waals surface area contributed by atoms with Crippen LogP contribution in [0.5, 0.6) is 0 Å². The third-order valence-corrected chi connectivity index (χ3v) is 2.72. The lowest BCUT2D eigenvalue weighted by Crippen LogP contribution is -2.15. The molecular formula is C14H15FN4O. The molecular weight excluding hydrogens is 259 g/mol. The van der Waals surface area contributed by atoms with Crippen LogP contribution < -0.4 is 16.0 Å². The largest absolute Gasteiger partial charge is 0.398 e. The predicted octanol–water partition coefficient (Wildman–Crippen LogP) is 2.12. The molecule has 6 heteroatoms. The Kier molecular flexibility index (Phi) is 3.84. The van der Waals surface area contributed by atoms with Gasteiger partial charge in [-0.2, -0.15) is 0 Å². The van der Waals surface area contributed by atoms with E-state index in [1.165, 1.54) is 18.3 Å². The van der Waals surface area contributed by atoms with E-state index < -0.39 is 11.7 Å². The van der Waals surface area contributed by atoms with Crippen LogP contribution in [-0.4, -0.2) is 25.0 Å². The molecule has 0 bridgehead atoms. The molecule has 0 saturated carbocycles. The SMILES string of the molecule is CN(C)c1ccc(NC(=O)c2cc(F)ccc2N)cn1. The number of nitrogens with one attached hydrogen (secondary N) is 1. The fraction of sp³-hybridized carbons (Fsp3) is 0.143. The van der Waals surface area contributed by atoms with E-state index in [4.69, 9.17) is 5.73 Å². The van der Waals surface area contributed by atoms with Gasteiger partial charge in [0, 0.05) is 19.8 Å². The number of carbonyl (C=O) groups is 1. The van der Waals surface area contributed by atoms with Gasteiger partial charge in [0.15, 0.2) is 0 Å². The van der Waals surface area contributed by atoms with E-state index in [2.05, 4.69) is 10.3 Å². The summed E-state index contributed by atoms with van der Waals surface area (Å²) in [5.41, 5.74) is 6.50. The van der Waals surface area contributed by atoms with Crippen LogP contribution in [0.2, 0.25) is 0 Å². The number of nitrogen functional groups attached to an aromatic ring is 1. The second kappa shape index (κ2) is 5.56. The maximum atomic E-state index is 13.1. The van der Waals surface area contributed by atoms with Crippen molar-refractivity contribution >= 4 is 23.1 Å². The lowest BCUT2D eigenvalue weighted by molar-refractivity contribution is 0.102. The summed E-state index contributed by atoms with van der Waals surface area (Å²) in [6.45, 7) is 0. The topological polar surface area (TPSA) is 71.2 Å². The number of carbonyl (C=O) groups excluding carboxylic acids is 1. The molecule has 0 spiro atoms. The van der Waals surface area contributed by atoms with Crippen molar-refractivity contribution in [2.24, 2.45) is 0 Å². The zero-order valence-corrected chi connectivity index (χ0v) is 11.2. The zero-order chi connectivity index (χ0) is 14.7. The molecule has 0 radical (unpaired) electrons. The summed E-state index contributed by atoms with van der Waals surface area (Å²) in [5, 5.41) is 2.63. The lowest BCUT2D eigenvalue weighted by atomic mass is 10.1. The fourth-order valence-electron chi connectivity index (χ4n) is 1.65. The first-order valence-electron chi connectivity index (χ1n) is 5.97. The summed E-state index contributed by atoms with van der Waals surface area (Å²) in [6.07, 6.45) is 1.53. The van der Waals surface area contributed by atoms with Crippen molar-refractivity contribution in [2.45, 2.75) is 0 Å². The van der Waals surface area contributed by atoms with Crippen LogP contribution in [0.3, 0.4) is 0 Å². The molecule has 0 aliphatic rings. The molecule has 5 nitrogen and oxygen atoms in total. The smallest absolute Gasteiger partial charge is 0.257 e. The molecule has 1 aromatic heterocycles. The van der Waals surface area contributed by atoms with E-state index in [0.717, 1.165) is 11.9 Å². The van der Waals surface area contributed by atoms with Crippen molar-refractivity contribution < 1.29 is 9.18 Å². The molecule has 0 aliphatic heterocycles. The average Bonchev–Trinajstić information content (AvgIpc) is 2.42. The summed E-state index contributed by atoms with van der Waals surface area (Å²) in [4.78, 5) is 18.0. The molecule has 0 aliphatic carbocycles. The van der Waals surface area contributed by atoms with Gasteiger partial charge in [-0.25, -0.2) is 9.37 Å². The Morgan fingerprint density at radius 2 is 2.05 bits per heavy atom. The molecule has 2 rings (SSSR count). The molecule has 0 atom stereocenters. The van der Waals surface area contributed by atoms with Crippen molar-refractivity contribution in [3.8, 4) is 0 Å². The summed E-state index contributed by atoms with van der Waals surface area (Å²) in [6, 6.07) is 7.16. The number of amides is 1. The monoisotopic (exact) mass is 274 g/mol. The van der Waals surface area contributed by atoms with E-state index >= 15 is 0 Å². The third kappa shape index (κ3) is 3.03. The quantitative estimate of drug-likeness (QED) is 0.841. The van der Waals surface area contributed by atoms with E-state index in [0.29, 0.717) is 5.69 Å². The van der Waals surface area contributed by atoms with Gasteiger partial charge in [-0.3, -0.25) is 4.79 Å². The third-order valence-electron chi connectivity index (χ3n) is 2.72. The van der Waals surface area contributed by atoms with Gasteiger partial charge >= 0.3 is 0 Å². The number of rotatable bonds is 3. The Bertz CT molecular complexity index is 626. The Balaban J connectivity index is 2.17. The summed E-state index contributed by atoms with van der Waals surface area (Å²) in [7, 11) is 3.74. The van der Waals surface area contributed by atoms with Crippen LogP contribution in [0, 0.1) is 5.82 Å². The van der Waals surface area contributed by atoms with Crippen molar-refractivity contribution in [1.82, 2.24) is 4.98 Å². The normalized spacial score (nSPS) is 10.2. The Hall–Kier alpha value is -2.63. The minimum atomic E-state index is -0.509.